The van der Waals surface area contributed by atoms with Crippen LogP contribution in [0.3, 0.4) is 0 Å². The minimum Gasteiger partial charge on any atom is -0.486 e. The van der Waals surface area contributed by atoms with Gasteiger partial charge >= 0.3 is 0 Å². The Morgan fingerprint density at radius 1 is 1.28 bits per heavy atom. The molecule has 2 aromatic rings. The number of benzene rings is 1. The summed E-state index contributed by atoms with van der Waals surface area (Å²) in [5, 5.41) is 8.92. The summed E-state index contributed by atoms with van der Waals surface area (Å²) in [6, 6.07) is 8.20. The lowest BCUT2D eigenvalue weighted by Gasteiger charge is -2.10. The van der Waals surface area contributed by atoms with E-state index in [4.69, 9.17) is 10.5 Å². The molecule has 2 rings (SSSR count). The van der Waals surface area contributed by atoms with E-state index in [1.54, 1.807) is 0 Å². The zero-order valence-corrected chi connectivity index (χ0v) is 11.4. The molecule has 0 aliphatic heterocycles. The summed E-state index contributed by atoms with van der Waals surface area (Å²) in [6.45, 7) is 4.83. The van der Waals surface area contributed by atoms with Gasteiger partial charge in [0.05, 0.1) is 0 Å². The Morgan fingerprint density at radius 2 is 2.00 bits per heavy atom. The Balaban J connectivity index is 1.94. The molecule has 0 amide bonds. The Bertz CT molecular complexity index is 495. The highest BCUT2D eigenvalue weighted by molar-refractivity contribution is 7.15. The number of nitrogen functional groups attached to an aromatic ring is 1. The Hall–Kier alpha value is -1.62. The van der Waals surface area contributed by atoms with E-state index in [1.807, 2.05) is 12.1 Å². The first-order valence-electron chi connectivity index (χ1n) is 5.99. The van der Waals surface area contributed by atoms with Crippen LogP contribution in [0.2, 0.25) is 0 Å². The van der Waals surface area contributed by atoms with Crippen LogP contribution in [0.15, 0.2) is 24.3 Å². The van der Waals surface area contributed by atoms with Crippen molar-refractivity contribution >= 4 is 16.5 Å². The fourth-order valence-electron chi connectivity index (χ4n) is 1.60. The van der Waals surface area contributed by atoms with Crippen molar-refractivity contribution in [3.63, 3.8) is 0 Å². The topological polar surface area (TPSA) is 61.0 Å². The molecule has 0 saturated heterocycles. The average Bonchev–Trinajstić information content (AvgIpc) is 2.82. The summed E-state index contributed by atoms with van der Waals surface area (Å²) in [7, 11) is 0. The molecule has 4 nitrogen and oxygen atoms in total. The minimum absolute atomic E-state index is 0.414. The second kappa shape index (κ2) is 5.82. The van der Waals surface area contributed by atoms with E-state index in [9.17, 15) is 0 Å². The van der Waals surface area contributed by atoms with Crippen molar-refractivity contribution in [1.82, 2.24) is 10.2 Å². The van der Waals surface area contributed by atoms with Crippen LogP contribution in [-0.2, 0) is 6.61 Å². The Labute approximate surface area is 111 Å². The molecule has 5 heteroatoms. The van der Waals surface area contributed by atoms with Gasteiger partial charge in [0.1, 0.15) is 12.4 Å². The summed E-state index contributed by atoms with van der Waals surface area (Å²) >= 11 is 1.35. The first-order valence-corrected chi connectivity index (χ1v) is 6.81. The van der Waals surface area contributed by atoms with Crippen molar-refractivity contribution in [3.05, 3.63) is 34.8 Å². The van der Waals surface area contributed by atoms with Gasteiger partial charge in [0.2, 0.25) is 5.13 Å². The van der Waals surface area contributed by atoms with Crippen molar-refractivity contribution in [3.8, 4) is 5.75 Å². The zero-order chi connectivity index (χ0) is 13.0. The molecule has 0 bridgehead atoms. The van der Waals surface area contributed by atoms with Crippen LogP contribution in [0.1, 0.15) is 36.8 Å². The van der Waals surface area contributed by atoms with E-state index >= 15 is 0 Å². The van der Waals surface area contributed by atoms with Crippen LogP contribution in [0.4, 0.5) is 5.13 Å². The van der Waals surface area contributed by atoms with Crippen molar-refractivity contribution in [2.45, 2.75) is 32.8 Å². The van der Waals surface area contributed by atoms with Crippen LogP contribution in [-0.4, -0.2) is 10.2 Å². The Kier molecular flexibility index (Phi) is 4.15. The normalized spacial score (nSPS) is 12.3. The smallest absolute Gasteiger partial charge is 0.203 e. The first-order chi connectivity index (χ1) is 8.69. The fraction of sp³-hybridized carbons (Fsp3) is 0.385. The van der Waals surface area contributed by atoms with Gasteiger partial charge in [-0.1, -0.05) is 37.3 Å². The third-order valence-corrected chi connectivity index (χ3v) is 3.63. The summed E-state index contributed by atoms with van der Waals surface area (Å²) in [5.41, 5.74) is 6.84. The number of anilines is 1. The number of hydrogen-bond acceptors (Lipinski definition) is 5. The SMILES string of the molecule is CC[C@@H](C)c1ccc(OCc2nnc(N)s2)cc1. The molecule has 0 unspecified atom stereocenters. The summed E-state index contributed by atoms with van der Waals surface area (Å²) in [5.74, 6) is 1.43. The second-order valence-electron chi connectivity index (χ2n) is 4.20. The highest BCUT2D eigenvalue weighted by atomic mass is 32.1. The van der Waals surface area contributed by atoms with Crippen LogP contribution >= 0.6 is 11.3 Å². The van der Waals surface area contributed by atoms with Crippen LogP contribution in [0.5, 0.6) is 5.75 Å². The maximum atomic E-state index is 5.63. The van der Waals surface area contributed by atoms with Gasteiger partial charge in [-0.2, -0.15) is 0 Å². The maximum absolute atomic E-state index is 5.63. The van der Waals surface area contributed by atoms with Gasteiger partial charge in [0, 0.05) is 0 Å². The van der Waals surface area contributed by atoms with Gasteiger partial charge in [-0.15, -0.1) is 10.2 Å². The summed E-state index contributed by atoms with van der Waals surface area (Å²) < 4.78 is 5.63. The highest BCUT2D eigenvalue weighted by Gasteiger charge is 2.04. The standard InChI is InChI=1S/C13H17N3OS/c1-3-9(2)10-4-6-11(7-5-10)17-8-12-15-16-13(14)18-12/h4-7,9H,3,8H2,1-2H3,(H2,14,16)/t9-/m1/s1. The molecule has 2 N–H and O–H groups in total. The second-order valence-corrected chi connectivity index (χ2v) is 5.29. The fourth-order valence-corrected chi connectivity index (χ4v) is 2.12. The molecule has 0 aliphatic rings. The third-order valence-electron chi connectivity index (χ3n) is 2.91. The molecule has 1 atom stereocenters. The zero-order valence-electron chi connectivity index (χ0n) is 10.6. The first kappa shape index (κ1) is 12.8. The summed E-state index contributed by atoms with van der Waals surface area (Å²) in [6.07, 6.45) is 1.14. The molecule has 0 fully saturated rings. The van der Waals surface area contributed by atoms with Gasteiger partial charge in [-0.25, -0.2) is 0 Å². The lowest BCUT2D eigenvalue weighted by molar-refractivity contribution is 0.304. The number of rotatable bonds is 5. The van der Waals surface area contributed by atoms with Crippen molar-refractivity contribution in [1.29, 1.82) is 0 Å². The number of aromatic nitrogens is 2. The van der Waals surface area contributed by atoms with E-state index < -0.39 is 0 Å². The van der Waals surface area contributed by atoms with Gasteiger partial charge in [0.25, 0.3) is 0 Å². The summed E-state index contributed by atoms with van der Waals surface area (Å²) in [4.78, 5) is 0. The molecule has 1 heterocycles. The molecular weight excluding hydrogens is 246 g/mol. The van der Waals surface area contributed by atoms with E-state index in [1.165, 1.54) is 16.9 Å². The molecule has 18 heavy (non-hydrogen) atoms. The third kappa shape index (κ3) is 3.20. The molecule has 1 aromatic carbocycles. The Morgan fingerprint density at radius 3 is 2.56 bits per heavy atom. The van der Waals surface area contributed by atoms with Crippen LogP contribution in [0.25, 0.3) is 0 Å². The predicted octanol–water partition coefficient (Wildman–Crippen LogP) is 3.21. The van der Waals surface area contributed by atoms with E-state index in [-0.39, 0.29) is 0 Å². The minimum atomic E-state index is 0.414. The van der Waals surface area contributed by atoms with Crippen molar-refractivity contribution < 1.29 is 4.74 Å². The van der Waals surface area contributed by atoms with Gasteiger partial charge < -0.3 is 10.5 Å². The van der Waals surface area contributed by atoms with Crippen molar-refractivity contribution in [2.75, 3.05) is 5.73 Å². The molecule has 96 valence electrons. The van der Waals surface area contributed by atoms with E-state index in [2.05, 4.69) is 36.2 Å². The molecule has 0 radical (unpaired) electrons. The number of hydrogen-bond donors (Lipinski definition) is 1. The van der Waals surface area contributed by atoms with E-state index in [0.717, 1.165) is 17.2 Å². The number of ether oxygens (including phenoxy) is 1. The van der Waals surface area contributed by atoms with Crippen molar-refractivity contribution in [2.24, 2.45) is 0 Å². The number of nitrogens with zero attached hydrogens (tertiary/aromatic N) is 2. The molecule has 0 saturated carbocycles. The van der Waals surface area contributed by atoms with Crippen LogP contribution < -0.4 is 10.5 Å². The largest absolute Gasteiger partial charge is 0.486 e. The predicted molar refractivity (Wildman–Crippen MR) is 73.8 cm³/mol. The molecular formula is C13H17N3OS. The highest BCUT2D eigenvalue weighted by Crippen LogP contribution is 2.22. The number of nitrogens with two attached hydrogens (primary N) is 1. The molecule has 0 aliphatic carbocycles. The monoisotopic (exact) mass is 263 g/mol. The molecule has 1 aromatic heterocycles. The van der Waals surface area contributed by atoms with Gasteiger partial charge in [-0.05, 0) is 30.0 Å². The quantitative estimate of drug-likeness (QED) is 0.899. The lowest BCUT2D eigenvalue weighted by Crippen LogP contribution is -1.96. The lowest BCUT2D eigenvalue weighted by atomic mass is 9.99. The van der Waals surface area contributed by atoms with Gasteiger partial charge in [-0.3, -0.25) is 0 Å². The maximum Gasteiger partial charge on any atom is 0.203 e. The van der Waals surface area contributed by atoms with E-state index in [0.29, 0.717) is 17.7 Å². The average molecular weight is 263 g/mol. The molecule has 0 spiro atoms. The van der Waals surface area contributed by atoms with Crippen LogP contribution in [0, 0.1) is 0 Å². The van der Waals surface area contributed by atoms with Gasteiger partial charge in [0.15, 0.2) is 5.01 Å².